The molecule has 0 aliphatic carbocycles. The molecule has 2 aromatic rings. The quantitative estimate of drug-likeness (QED) is 0.690. The minimum absolute atomic E-state index is 0.179. The molecule has 0 aliphatic heterocycles. The molecule has 2 aromatic carbocycles. The Morgan fingerprint density at radius 2 is 1.63 bits per heavy atom. The first-order valence-corrected chi connectivity index (χ1v) is 7.07. The van der Waals surface area contributed by atoms with Gasteiger partial charge in [0.2, 0.25) is 0 Å². The van der Waals surface area contributed by atoms with Crippen molar-refractivity contribution in [3.05, 3.63) is 71.0 Å². The first-order chi connectivity index (χ1) is 9.17. The van der Waals surface area contributed by atoms with E-state index >= 15 is 0 Å². The lowest BCUT2D eigenvalue weighted by Crippen LogP contribution is -2.10. The summed E-state index contributed by atoms with van der Waals surface area (Å²) in [7, 11) is 0. The van der Waals surface area contributed by atoms with Crippen LogP contribution in [0.25, 0.3) is 0 Å². The van der Waals surface area contributed by atoms with Crippen molar-refractivity contribution in [1.29, 1.82) is 0 Å². The lowest BCUT2D eigenvalue weighted by Gasteiger charge is -2.14. The van der Waals surface area contributed by atoms with Gasteiger partial charge in [0.15, 0.2) is 0 Å². The second-order valence-electron chi connectivity index (χ2n) is 5.05. The Morgan fingerprint density at radius 3 is 2.21 bits per heavy atom. The fourth-order valence-electron chi connectivity index (χ4n) is 2.35. The van der Waals surface area contributed by atoms with E-state index in [1.165, 1.54) is 17.2 Å². The Morgan fingerprint density at radius 1 is 1.00 bits per heavy atom. The van der Waals surface area contributed by atoms with Gasteiger partial charge in [0.25, 0.3) is 0 Å². The molecule has 2 rings (SSSR count). The molecular weight excluding hydrogens is 259 g/mol. The smallest absolute Gasteiger partial charge is 0.123 e. The summed E-state index contributed by atoms with van der Waals surface area (Å²) in [5.74, 6) is 0.747. The van der Waals surface area contributed by atoms with Crippen molar-refractivity contribution in [3.63, 3.8) is 0 Å². The molecule has 0 spiro atoms. The van der Waals surface area contributed by atoms with Crippen molar-refractivity contribution < 1.29 is 4.39 Å². The monoisotopic (exact) mass is 276 g/mol. The lowest BCUT2D eigenvalue weighted by atomic mass is 9.93. The van der Waals surface area contributed by atoms with Gasteiger partial charge in [0, 0.05) is 5.88 Å². The van der Waals surface area contributed by atoms with Gasteiger partial charge in [-0.15, -0.1) is 11.6 Å². The van der Waals surface area contributed by atoms with E-state index in [9.17, 15) is 4.39 Å². The standard InChI is InChI=1S/C17H18ClF/c1-13-4-2-5-14(8-13)9-16(12-18)10-15-6-3-7-17(19)11-15/h2-8,11,16H,9-10,12H2,1H3. The Kier molecular flexibility index (Phi) is 4.98. The highest BCUT2D eigenvalue weighted by Crippen LogP contribution is 2.17. The molecule has 19 heavy (non-hydrogen) atoms. The van der Waals surface area contributed by atoms with Gasteiger partial charge in [-0.3, -0.25) is 0 Å². The van der Waals surface area contributed by atoms with Crippen LogP contribution in [0.5, 0.6) is 0 Å². The first-order valence-electron chi connectivity index (χ1n) is 6.53. The van der Waals surface area contributed by atoms with Crippen LogP contribution >= 0.6 is 11.6 Å². The van der Waals surface area contributed by atoms with Gasteiger partial charge in [0.1, 0.15) is 5.82 Å². The summed E-state index contributed by atoms with van der Waals surface area (Å²) in [5.41, 5.74) is 3.57. The highest BCUT2D eigenvalue weighted by molar-refractivity contribution is 6.18. The van der Waals surface area contributed by atoms with Crippen LogP contribution in [0.3, 0.4) is 0 Å². The average molecular weight is 277 g/mol. The highest BCUT2D eigenvalue weighted by Gasteiger charge is 2.10. The van der Waals surface area contributed by atoms with E-state index in [1.807, 2.05) is 6.07 Å². The van der Waals surface area contributed by atoms with Crippen molar-refractivity contribution >= 4 is 11.6 Å². The van der Waals surface area contributed by atoms with Crippen LogP contribution in [-0.2, 0) is 12.8 Å². The predicted molar refractivity (Wildman–Crippen MR) is 79.2 cm³/mol. The minimum Gasteiger partial charge on any atom is -0.207 e. The van der Waals surface area contributed by atoms with Crippen LogP contribution < -0.4 is 0 Å². The van der Waals surface area contributed by atoms with Gasteiger partial charge >= 0.3 is 0 Å². The third-order valence-corrected chi connectivity index (χ3v) is 3.67. The van der Waals surface area contributed by atoms with E-state index in [2.05, 4.69) is 31.2 Å². The zero-order valence-corrected chi connectivity index (χ0v) is 11.8. The molecule has 100 valence electrons. The SMILES string of the molecule is Cc1cccc(CC(CCl)Cc2cccc(F)c2)c1. The largest absolute Gasteiger partial charge is 0.207 e. The summed E-state index contributed by atoms with van der Waals surface area (Å²) in [6.45, 7) is 2.09. The molecule has 0 heterocycles. The second kappa shape index (κ2) is 6.72. The fraction of sp³-hybridized carbons (Fsp3) is 0.294. The Hall–Kier alpha value is -1.34. The van der Waals surface area contributed by atoms with Gasteiger partial charge < -0.3 is 0 Å². The average Bonchev–Trinajstić information content (AvgIpc) is 2.38. The number of rotatable bonds is 5. The summed E-state index contributed by atoms with van der Waals surface area (Å²) < 4.78 is 13.2. The van der Waals surface area contributed by atoms with Crippen molar-refractivity contribution in [3.8, 4) is 0 Å². The molecule has 1 unspecified atom stereocenters. The zero-order chi connectivity index (χ0) is 13.7. The van der Waals surface area contributed by atoms with Crippen LogP contribution in [0.2, 0.25) is 0 Å². The molecule has 2 heteroatoms. The van der Waals surface area contributed by atoms with Gasteiger partial charge in [-0.2, -0.15) is 0 Å². The topological polar surface area (TPSA) is 0 Å². The van der Waals surface area contributed by atoms with Crippen molar-refractivity contribution in [2.24, 2.45) is 5.92 Å². The molecule has 0 aromatic heterocycles. The number of benzene rings is 2. The molecule has 1 atom stereocenters. The molecule has 0 saturated carbocycles. The third-order valence-electron chi connectivity index (χ3n) is 3.24. The number of alkyl halides is 1. The molecule has 0 fully saturated rings. The summed E-state index contributed by atoms with van der Waals surface area (Å²) >= 11 is 6.05. The third kappa shape index (κ3) is 4.36. The van der Waals surface area contributed by atoms with E-state index in [-0.39, 0.29) is 5.82 Å². The first kappa shape index (κ1) is 14.1. The number of hydrogen-bond donors (Lipinski definition) is 0. The van der Waals surface area contributed by atoms with Gasteiger partial charge in [-0.1, -0.05) is 42.0 Å². The number of hydrogen-bond acceptors (Lipinski definition) is 0. The summed E-state index contributed by atoms with van der Waals surface area (Å²) in [4.78, 5) is 0. The Balaban J connectivity index is 2.04. The van der Waals surface area contributed by atoms with E-state index in [4.69, 9.17) is 11.6 Å². The summed E-state index contributed by atoms with van der Waals surface area (Å²) in [6.07, 6.45) is 1.75. The maximum Gasteiger partial charge on any atom is 0.123 e. The lowest BCUT2D eigenvalue weighted by molar-refractivity contribution is 0.576. The van der Waals surface area contributed by atoms with Crippen LogP contribution in [-0.4, -0.2) is 5.88 Å². The van der Waals surface area contributed by atoms with Gasteiger partial charge in [-0.25, -0.2) is 4.39 Å². The van der Waals surface area contributed by atoms with Crippen molar-refractivity contribution in [1.82, 2.24) is 0 Å². The van der Waals surface area contributed by atoms with E-state index in [0.29, 0.717) is 11.8 Å². The molecule has 0 amide bonds. The fourth-order valence-corrected chi connectivity index (χ4v) is 2.57. The number of halogens is 2. The minimum atomic E-state index is -0.179. The molecule has 0 aliphatic rings. The molecule has 0 bridgehead atoms. The van der Waals surface area contributed by atoms with Gasteiger partial charge in [-0.05, 0) is 48.9 Å². The van der Waals surface area contributed by atoms with Crippen LogP contribution in [0.1, 0.15) is 16.7 Å². The van der Waals surface area contributed by atoms with Gasteiger partial charge in [0.05, 0.1) is 0 Å². The van der Waals surface area contributed by atoms with E-state index < -0.39 is 0 Å². The zero-order valence-electron chi connectivity index (χ0n) is 11.1. The number of aryl methyl sites for hydroxylation is 1. The predicted octanol–water partition coefficient (Wildman–Crippen LogP) is 4.77. The highest BCUT2D eigenvalue weighted by atomic mass is 35.5. The maximum atomic E-state index is 13.2. The molecule has 0 saturated heterocycles. The van der Waals surface area contributed by atoms with Crippen LogP contribution in [0.15, 0.2) is 48.5 Å². The molecular formula is C17H18ClF. The van der Waals surface area contributed by atoms with Crippen molar-refractivity contribution in [2.45, 2.75) is 19.8 Å². The van der Waals surface area contributed by atoms with Crippen LogP contribution in [0.4, 0.5) is 4.39 Å². The Bertz CT molecular complexity index is 489. The molecule has 0 radical (unpaired) electrons. The van der Waals surface area contributed by atoms with E-state index in [1.54, 1.807) is 12.1 Å². The summed E-state index contributed by atoms with van der Waals surface area (Å²) in [6, 6.07) is 15.2. The summed E-state index contributed by atoms with van der Waals surface area (Å²) in [5, 5.41) is 0. The second-order valence-corrected chi connectivity index (χ2v) is 5.36. The molecule has 0 N–H and O–H groups in total. The Labute approximate surface area is 119 Å². The molecule has 0 nitrogen and oxygen atoms in total. The van der Waals surface area contributed by atoms with E-state index in [0.717, 1.165) is 18.4 Å². The van der Waals surface area contributed by atoms with Crippen molar-refractivity contribution in [2.75, 3.05) is 5.88 Å². The normalized spacial score (nSPS) is 12.4. The van der Waals surface area contributed by atoms with Crippen LogP contribution in [0, 0.1) is 18.7 Å². The maximum absolute atomic E-state index is 13.2.